The molecule has 3 aromatic rings. The largest absolute Gasteiger partial charge is 0.389 e. The Morgan fingerprint density at radius 1 is 1.26 bits per heavy atom. The molecule has 0 spiro atoms. The normalized spacial score (nSPS) is 15.4. The van der Waals surface area contributed by atoms with Gasteiger partial charge in [0.15, 0.2) is 0 Å². The number of carbonyl (C=O) groups is 1. The summed E-state index contributed by atoms with van der Waals surface area (Å²) in [5.74, 6) is 0.0218. The van der Waals surface area contributed by atoms with Gasteiger partial charge in [0.05, 0.1) is 29.4 Å². The van der Waals surface area contributed by atoms with E-state index in [4.69, 9.17) is 0 Å². The second-order valence-corrected chi connectivity index (χ2v) is 8.05. The van der Waals surface area contributed by atoms with E-state index < -0.39 is 6.10 Å². The van der Waals surface area contributed by atoms with Crippen molar-refractivity contribution in [3.8, 4) is 0 Å². The minimum absolute atomic E-state index is 0.0218. The highest BCUT2D eigenvalue weighted by Crippen LogP contribution is 2.31. The van der Waals surface area contributed by atoms with Crippen LogP contribution in [0.1, 0.15) is 27.4 Å². The Bertz CT molecular complexity index is 1040. The van der Waals surface area contributed by atoms with Crippen LogP contribution < -0.4 is 0 Å². The van der Waals surface area contributed by atoms with Crippen molar-refractivity contribution in [3.63, 3.8) is 0 Å². The Balaban J connectivity index is 1.71. The molecule has 1 aliphatic rings. The number of hydrogen-bond donors (Lipinski definition) is 1. The summed E-state index contributed by atoms with van der Waals surface area (Å²) in [5, 5.41) is 16.4. The zero-order valence-electron chi connectivity index (χ0n) is 15.7. The topological polar surface area (TPSA) is 63.3 Å². The fourth-order valence-corrected chi connectivity index (χ4v) is 4.23. The molecule has 0 radical (unpaired) electrons. The van der Waals surface area contributed by atoms with Crippen molar-refractivity contribution >= 4 is 32.7 Å². The molecular weight excluding hydrogens is 408 g/mol. The Morgan fingerprint density at radius 3 is 2.70 bits per heavy atom. The first kappa shape index (κ1) is 18.3. The Kier molecular flexibility index (Phi) is 4.60. The summed E-state index contributed by atoms with van der Waals surface area (Å²) < 4.78 is 4.76. The van der Waals surface area contributed by atoms with Gasteiger partial charge in [-0.1, -0.05) is 18.2 Å². The van der Waals surface area contributed by atoms with Crippen LogP contribution in [0.2, 0.25) is 0 Å². The smallest absolute Gasteiger partial charge is 0.270 e. The van der Waals surface area contributed by atoms with Gasteiger partial charge in [0.1, 0.15) is 5.69 Å². The lowest BCUT2D eigenvalue weighted by molar-refractivity contribution is 0.0761. The number of likely N-dealkylation sites (N-methyl/N-ethyl adjacent to an activating group) is 1. The number of amides is 1. The summed E-state index contributed by atoms with van der Waals surface area (Å²) in [6, 6.07) is 8.06. The van der Waals surface area contributed by atoms with Gasteiger partial charge in [-0.15, -0.1) is 0 Å². The summed E-state index contributed by atoms with van der Waals surface area (Å²) in [6.45, 7) is 5.36. The van der Waals surface area contributed by atoms with Crippen LogP contribution in [0, 0.1) is 13.8 Å². The van der Waals surface area contributed by atoms with E-state index in [0.717, 1.165) is 45.3 Å². The van der Waals surface area contributed by atoms with Gasteiger partial charge in [-0.2, -0.15) is 5.10 Å². The number of nitrogens with zero attached hydrogens (tertiary/aromatic N) is 4. The first-order valence-electron chi connectivity index (χ1n) is 9.11. The highest BCUT2D eigenvalue weighted by atomic mass is 79.9. The lowest BCUT2D eigenvalue weighted by Gasteiger charge is -2.25. The Hall–Kier alpha value is -2.12. The zero-order chi connectivity index (χ0) is 19.3. The van der Waals surface area contributed by atoms with E-state index in [1.165, 1.54) is 0 Å². The number of aromatic nitrogens is 3. The molecule has 27 heavy (non-hydrogen) atoms. The number of halogens is 1. The first-order chi connectivity index (χ1) is 12.9. The van der Waals surface area contributed by atoms with Crippen LogP contribution in [0.3, 0.4) is 0 Å². The summed E-state index contributed by atoms with van der Waals surface area (Å²) in [4.78, 5) is 14.6. The number of aliphatic hydroxyl groups is 1. The monoisotopic (exact) mass is 430 g/mol. The number of para-hydroxylation sites is 1. The molecule has 0 bridgehead atoms. The van der Waals surface area contributed by atoms with Crippen LogP contribution in [-0.2, 0) is 19.5 Å². The van der Waals surface area contributed by atoms with Crippen molar-refractivity contribution < 1.29 is 9.90 Å². The predicted octanol–water partition coefficient (Wildman–Crippen LogP) is 2.91. The van der Waals surface area contributed by atoms with Gasteiger partial charge in [0.25, 0.3) is 5.91 Å². The fourth-order valence-electron chi connectivity index (χ4n) is 3.95. The maximum Gasteiger partial charge on any atom is 0.270 e. The second kappa shape index (κ2) is 6.80. The van der Waals surface area contributed by atoms with Gasteiger partial charge < -0.3 is 14.6 Å². The minimum atomic E-state index is -0.658. The molecule has 0 fully saturated rings. The molecule has 0 unspecified atom stereocenters. The highest BCUT2D eigenvalue weighted by Gasteiger charge is 2.29. The number of carbonyl (C=O) groups excluding carboxylic acids is 1. The van der Waals surface area contributed by atoms with E-state index in [0.29, 0.717) is 18.8 Å². The molecule has 7 heteroatoms. The molecule has 1 amide bonds. The predicted molar refractivity (Wildman–Crippen MR) is 108 cm³/mol. The van der Waals surface area contributed by atoms with E-state index in [9.17, 15) is 9.90 Å². The number of rotatable bonds is 4. The molecule has 0 saturated carbocycles. The van der Waals surface area contributed by atoms with E-state index in [1.807, 2.05) is 48.3 Å². The van der Waals surface area contributed by atoms with Gasteiger partial charge in [-0.05, 0) is 47.8 Å². The van der Waals surface area contributed by atoms with Crippen LogP contribution in [0.5, 0.6) is 0 Å². The molecule has 1 aromatic carbocycles. The van der Waals surface area contributed by atoms with Crippen LogP contribution in [0.25, 0.3) is 10.9 Å². The van der Waals surface area contributed by atoms with Crippen molar-refractivity contribution in [2.45, 2.75) is 39.5 Å². The Labute approximate surface area is 166 Å². The summed E-state index contributed by atoms with van der Waals surface area (Å²) in [5.41, 5.74) is 4.69. The third-order valence-electron chi connectivity index (χ3n) is 5.39. The average Bonchev–Trinajstić information content (AvgIpc) is 3.08. The first-order valence-corrected chi connectivity index (χ1v) is 9.91. The van der Waals surface area contributed by atoms with Gasteiger partial charge in [-0.25, -0.2) is 0 Å². The van der Waals surface area contributed by atoms with Gasteiger partial charge >= 0.3 is 0 Å². The molecule has 1 aliphatic heterocycles. The summed E-state index contributed by atoms with van der Waals surface area (Å²) >= 11 is 3.53. The molecule has 1 atom stereocenters. The van der Waals surface area contributed by atoms with Crippen molar-refractivity contribution in [2.75, 3.05) is 13.6 Å². The maximum absolute atomic E-state index is 12.8. The maximum atomic E-state index is 12.8. The lowest BCUT2D eigenvalue weighted by Crippen LogP contribution is -2.36. The molecule has 0 aliphatic carbocycles. The second-order valence-electron chi connectivity index (χ2n) is 7.25. The average molecular weight is 431 g/mol. The van der Waals surface area contributed by atoms with E-state index in [1.54, 1.807) is 4.90 Å². The fraction of sp³-hybridized carbons (Fsp3) is 0.400. The summed E-state index contributed by atoms with van der Waals surface area (Å²) in [6.07, 6.45) is 0.181. The quantitative estimate of drug-likeness (QED) is 0.691. The van der Waals surface area contributed by atoms with Gasteiger partial charge in [0.2, 0.25) is 0 Å². The lowest BCUT2D eigenvalue weighted by atomic mass is 10.0. The third-order valence-corrected chi connectivity index (χ3v) is 6.54. The number of benzene rings is 1. The summed E-state index contributed by atoms with van der Waals surface area (Å²) in [7, 11) is 1.83. The molecule has 3 heterocycles. The zero-order valence-corrected chi connectivity index (χ0v) is 17.3. The van der Waals surface area contributed by atoms with E-state index in [2.05, 4.69) is 27.1 Å². The van der Waals surface area contributed by atoms with Crippen LogP contribution in [-0.4, -0.2) is 50.0 Å². The third kappa shape index (κ3) is 2.99. The molecular formula is C20H23BrN4O2. The number of aliphatic hydroxyl groups excluding tert-OH is 1. The van der Waals surface area contributed by atoms with E-state index >= 15 is 0 Å². The van der Waals surface area contributed by atoms with Gasteiger partial charge in [0, 0.05) is 30.2 Å². The minimum Gasteiger partial charge on any atom is -0.389 e. The number of fused-ring (bicyclic) bond motifs is 3. The van der Waals surface area contributed by atoms with Crippen LogP contribution in [0.15, 0.2) is 28.7 Å². The molecule has 4 rings (SSSR count). The van der Waals surface area contributed by atoms with Crippen molar-refractivity contribution in [1.82, 2.24) is 19.2 Å². The standard InChI is InChI=1S/C20H23BrN4O2/c1-12-18(21)13(2)25(22-12)11-14(26)10-24-17-7-5-4-6-15(17)16-8-9-23(3)20(27)19(16)24/h4-7,14,26H,8-11H2,1-3H3/t14-/m1/s1. The van der Waals surface area contributed by atoms with Crippen molar-refractivity contribution in [1.29, 1.82) is 0 Å². The SMILES string of the molecule is Cc1nn(C[C@H](O)Cn2c3c(c4ccccc42)CCN(C)C3=O)c(C)c1Br. The van der Waals surface area contributed by atoms with E-state index in [-0.39, 0.29) is 5.91 Å². The van der Waals surface area contributed by atoms with Crippen LogP contribution in [0.4, 0.5) is 0 Å². The molecule has 0 saturated heterocycles. The number of aryl methyl sites for hydroxylation is 1. The van der Waals surface area contributed by atoms with Crippen molar-refractivity contribution in [3.05, 3.63) is 51.4 Å². The highest BCUT2D eigenvalue weighted by molar-refractivity contribution is 9.10. The van der Waals surface area contributed by atoms with Gasteiger partial charge in [-0.3, -0.25) is 9.48 Å². The molecule has 142 valence electrons. The molecule has 2 aromatic heterocycles. The van der Waals surface area contributed by atoms with Crippen LogP contribution >= 0.6 is 15.9 Å². The van der Waals surface area contributed by atoms with Crippen molar-refractivity contribution in [2.24, 2.45) is 0 Å². The molecule has 6 nitrogen and oxygen atoms in total. The Morgan fingerprint density at radius 2 is 2.00 bits per heavy atom. The molecule has 1 N–H and O–H groups in total. The number of hydrogen-bond acceptors (Lipinski definition) is 3.